The molecule has 0 aliphatic rings. The number of nitrogens with two attached hydrogens (primary N) is 1. The summed E-state index contributed by atoms with van der Waals surface area (Å²) in [5.41, 5.74) is 9.15. The number of hydrogen-bond donors (Lipinski definition) is 3. The summed E-state index contributed by atoms with van der Waals surface area (Å²) in [6.07, 6.45) is 5.96. The lowest BCUT2D eigenvalue weighted by Gasteiger charge is -2.13. The number of rotatable bonds is 8. The van der Waals surface area contributed by atoms with Crippen molar-refractivity contribution >= 4 is 16.9 Å². The van der Waals surface area contributed by atoms with Gasteiger partial charge in [-0.15, -0.1) is 0 Å². The highest BCUT2D eigenvalue weighted by Crippen LogP contribution is 2.32. The summed E-state index contributed by atoms with van der Waals surface area (Å²) >= 11 is 0. The van der Waals surface area contributed by atoms with Crippen LogP contribution in [0.1, 0.15) is 16.8 Å². The van der Waals surface area contributed by atoms with Gasteiger partial charge >= 0.3 is 0 Å². The lowest BCUT2D eigenvalue weighted by Crippen LogP contribution is -2.42. The van der Waals surface area contributed by atoms with Crippen LogP contribution in [0.3, 0.4) is 0 Å². The van der Waals surface area contributed by atoms with E-state index in [0.29, 0.717) is 29.9 Å². The number of amides is 1. The zero-order valence-electron chi connectivity index (χ0n) is 17.6. The number of halogens is 1. The van der Waals surface area contributed by atoms with E-state index in [2.05, 4.69) is 20.3 Å². The number of aryl methyl sites for hydroxylation is 1. The number of nitrogens with one attached hydrogen (secondary N) is 2. The van der Waals surface area contributed by atoms with Crippen LogP contribution in [0, 0.1) is 12.7 Å². The Kier molecular flexibility index (Phi) is 6.42. The summed E-state index contributed by atoms with van der Waals surface area (Å²) in [6, 6.07) is 11.1. The van der Waals surface area contributed by atoms with Gasteiger partial charge in [0.2, 0.25) is 5.91 Å². The molecule has 1 amide bonds. The second-order valence-corrected chi connectivity index (χ2v) is 7.54. The van der Waals surface area contributed by atoms with Crippen LogP contribution in [0.15, 0.2) is 61.1 Å². The average Bonchev–Trinajstić information content (AvgIpc) is 3.18. The minimum Gasteiger partial charge on any atom is -0.453 e. The monoisotopic (exact) mass is 433 g/mol. The molecular formula is C24H24FN5O2. The van der Waals surface area contributed by atoms with Crippen molar-refractivity contribution in [3.8, 4) is 11.5 Å². The maximum Gasteiger partial charge on any atom is 0.237 e. The van der Waals surface area contributed by atoms with Crippen LogP contribution in [0.2, 0.25) is 0 Å². The molecule has 4 rings (SSSR count). The molecule has 0 fully saturated rings. The van der Waals surface area contributed by atoms with Crippen molar-refractivity contribution in [3.63, 3.8) is 0 Å². The first kappa shape index (κ1) is 21.5. The molecule has 0 saturated carbocycles. The third-order valence-electron chi connectivity index (χ3n) is 5.15. The summed E-state index contributed by atoms with van der Waals surface area (Å²) in [4.78, 5) is 23.8. The van der Waals surface area contributed by atoms with Gasteiger partial charge in [-0.3, -0.25) is 9.78 Å². The number of hydrogen-bond acceptors (Lipinski definition) is 5. The molecule has 3 heterocycles. The standard InChI is InChI=1S/C24H24FN5O2/c1-15-14-30-23-22(15)21(8-11-28-23)32-20-6-5-16(12-18(20)25)13-19(26)24(31)29-10-7-17-4-2-3-9-27-17/h2-6,8-9,11-12,14,19H,7,10,13,26H2,1H3,(H,28,30)(H,29,31). The summed E-state index contributed by atoms with van der Waals surface area (Å²) < 4.78 is 20.5. The number of carbonyl (C=O) groups is 1. The third-order valence-corrected chi connectivity index (χ3v) is 5.15. The van der Waals surface area contributed by atoms with Crippen LogP contribution >= 0.6 is 0 Å². The maximum absolute atomic E-state index is 14.7. The Hall–Kier alpha value is -3.78. The lowest BCUT2D eigenvalue weighted by molar-refractivity contribution is -0.122. The van der Waals surface area contributed by atoms with Gasteiger partial charge in [0.15, 0.2) is 11.6 Å². The molecule has 0 saturated heterocycles. The highest BCUT2D eigenvalue weighted by molar-refractivity contribution is 5.86. The van der Waals surface area contributed by atoms with Gasteiger partial charge in [-0.25, -0.2) is 9.37 Å². The van der Waals surface area contributed by atoms with E-state index in [0.717, 1.165) is 16.6 Å². The number of aromatic nitrogens is 3. The van der Waals surface area contributed by atoms with E-state index in [4.69, 9.17) is 10.5 Å². The second-order valence-electron chi connectivity index (χ2n) is 7.54. The molecule has 0 radical (unpaired) electrons. The first-order chi connectivity index (χ1) is 15.5. The number of pyridine rings is 2. The first-order valence-electron chi connectivity index (χ1n) is 10.3. The summed E-state index contributed by atoms with van der Waals surface area (Å²) in [6.45, 7) is 2.36. The Morgan fingerprint density at radius 3 is 2.84 bits per heavy atom. The number of benzene rings is 1. The first-order valence-corrected chi connectivity index (χ1v) is 10.3. The van der Waals surface area contributed by atoms with Crippen molar-refractivity contribution < 1.29 is 13.9 Å². The fourth-order valence-electron chi connectivity index (χ4n) is 3.48. The van der Waals surface area contributed by atoms with Crippen LogP contribution in [0.25, 0.3) is 11.0 Å². The van der Waals surface area contributed by atoms with Gasteiger partial charge in [0.1, 0.15) is 11.4 Å². The van der Waals surface area contributed by atoms with Crippen molar-refractivity contribution in [1.82, 2.24) is 20.3 Å². The van der Waals surface area contributed by atoms with Crippen LogP contribution in [0.5, 0.6) is 11.5 Å². The van der Waals surface area contributed by atoms with E-state index in [1.807, 2.05) is 31.3 Å². The van der Waals surface area contributed by atoms with Crippen LogP contribution < -0.4 is 15.8 Å². The zero-order chi connectivity index (χ0) is 22.5. The van der Waals surface area contributed by atoms with Crippen LogP contribution in [0.4, 0.5) is 4.39 Å². The van der Waals surface area contributed by atoms with Crippen molar-refractivity contribution in [1.29, 1.82) is 0 Å². The van der Waals surface area contributed by atoms with Crippen LogP contribution in [-0.2, 0) is 17.6 Å². The molecule has 8 heteroatoms. The normalized spacial score (nSPS) is 12.0. The predicted molar refractivity (Wildman–Crippen MR) is 120 cm³/mol. The molecule has 0 aliphatic heterocycles. The third kappa shape index (κ3) is 4.92. The molecule has 1 unspecified atom stereocenters. The van der Waals surface area contributed by atoms with E-state index >= 15 is 0 Å². The highest BCUT2D eigenvalue weighted by atomic mass is 19.1. The number of aromatic amines is 1. The Balaban J connectivity index is 1.36. The molecule has 1 aromatic carbocycles. The molecule has 164 valence electrons. The number of H-pyrrole nitrogens is 1. The lowest BCUT2D eigenvalue weighted by atomic mass is 10.1. The molecule has 4 aromatic rings. The number of ether oxygens (including phenoxy) is 1. The van der Waals surface area contributed by atoms with Gasteiger partial charge in [0, 0.05) is 37.3 Å². The van der Waals surface area contributed by atoms with Crippen LogP contribution in [-0.4, -0.2) is 33.4 Å². The van der Waals surface area contributed by atoms with E-state index in [1.54, 1.807) is 30.6 Å². The highest BCUT2D eigenvalue weighted by Gasteiger charge is 2.16. The molecule has 0 aliphatic carbocycles. The van der Waals surface area contributed by atoms with Crippen molar-refractivity contribution in [2.45, 2.75) is 25.8 Å². The van der Waals surface area contributed by atoms with Gasteiger partial charge < -0.3 is 20.8 Å². The Morgan fingerprint density at radius 1 is 1.19 bits per heavy atom. The quantitative estimate of drug-likeness (QED) is 0.395. The molecule has 4 N–H and O–H groups in total. The van der Waals surface area contributed by atoms with Gasteiger partial charge in [-0.05, 0) is 54.8 Å². The largest absolute Gasteiger partial charge is 0.453 e. The Labute approximate surface area is 184 Å². The fraction of sp³-hybridized carbons (Fsp3) is 0.208. The Morgan fingerprint density at radius 2 is 2.06 bits per heavy atom. The summed E-state index contributed by atoms with van der Waals surface area (Å²) in [5, 5.41) is 3.60. The minimum absolute atomic E-state index is 0.0928. The smallest absolute Gasteiger partial charge is 0.237 e. The van der Waals surface area contributed by atoms with E-state index in [1.165, 1.54) is 6.07 Å². The molecular weight excluding hydrogens is 409 g/mol. The summed E-state index contributed by atoms with van der Waals surface area (Å²) in [7, 11) is 0. The Bertz CT molecular complexity index is 1230. The maximum atomic E-state index is 14.7. The minimum atomic E-state index is -0.785. The van der Waals surface area contributed by atoms with Gasteiger partial charge in [0.25, 0.3) is 0 Å². The van der Waals surface area contributed by atoms with E-state index < -0.39 is 11.9 Å². The van der Waals surface area contributed by atoms with E-state index in [9.17, 15) is 9.18 Å². The molecule has 0 spiro atoms. The molecule has 1 atom stereocenters. The second kappa shape index (κ2) is 9.57. The SMILES string of the molecule is Cc1c[nH]c2nccc(Oc3ccc(CC(N)C(=O)NCCc4ccccn4)cc3F)c12. The average molecular weight is 433 g/mol. The molecule has 32 heavy (non-hydrogen) atoms. The molecule has 0 bridgehead atoms. The molecule has 3 aromatic heterocycles. The van der Waals surface area contributed by atoms with Crippen molar-refractivity contribution in [3.05, 3.63) is 83.7 Å². The zero-order valence-corrected chi connectivity index (χ0v) is 17.6. The number of nitrogens with zero attached hydrogens (tertiary/aromatic N) is 2. The molecule has 7 nitrogen and oxygen atoms in total. The predicted octanol–water partition coefficient (Wildman–Crippen LogP) is 3.43. The summed E-state index contributed by atoms with van der Waals surface area (Å²) in [5.74, 6) is -0.202. The topological polar surface area (TPSA) is 106 Å². The van der Waals surface area contributed by atoms with Crippen molar-refractivity contribution in [2.24, 2.45) is 5.73 Å². The van der Waals surface area contributed by atoms with Crippen molar-refractivity contribution in [2.75, 3.05) is 6.54 Å². The van der Waals surface area contributed by atoms with Gasteiger partial charge in [-0.2, -0.15) is 0 Å². The van der Waals surface area contributed by atoms with Gasteiger partial charge in [-0.1, -0.05) is 12.1 Å². The van der Waals surface area contributed by atoms with Gasteiger partial charge in [0.05, 0.1) is 11.4 Å². The fourth-order valence-corrected chi connectivity index (χ4v) is 3.48. The number of carbonyl (C=O) groups excluding carboxylic acids is 1. The number of fused-ring (bicyclic) bond motifs is 1. The van der Waals surface area contributed by atoms with E-state index in [-0.39, 0.29) is 18.1 Å².